The number of hydrogen-bond acceptors (Lipinski definition) is 2. The number of benzene rings is 2. The van der Waals surface area contributed by atoms with Crippen LogP contribution >= 0.6 is 31.9 Å². The quantitative estimate of drug-likeness (QED) is 0.783. The van der Waals surface area contributed by atoms with Crippen LogP contribution in [-0.2, 0) is 0 Å². The van der Waals surface area contributed by atoms with Crippen molar-refractivity contribution >= 4 is 37.5 Å². The summed E-state index contributed by atoms with van der Waals surface area (Å²) < 4.78 is 8.15. The Kier molecular flexibility index (Phi) is 3.31. The van der Waals surface area contributed by atoms with Crippen LogP contribution in [0.4, 0.5) is 5.69 Å². The zero-order chi connectivity index (χ0) is 12.5. The molecule has 1 atom stereocenters. The van der Waals surface area contributed by atoms with Crippen LogP contribution in [0.1, 0.15) is 11.7 Å². The van der Waals surface area contributed by atoms with Gasteiger partial charge in [0.25, 0.3) is 0 Å². The standard InChI is InChI=1S/C14H11Br2NO/c15-10-3-1-2-9(6-10)14-8-17-12-7-11(16)4-5-13(12)18-14/h1-7,14,17H,8H2. The predicted molar refractivity (Wildman–Crippen MR) is 80.1 cm³/mol. The van der Waals surface area contributed by atoms with Crippen molar-refractivity contribution < 1.29 is 4.74 Å². The molecule has 0 bridgehead atoms. The van der Waals surface area contributed by atoms with Crippen molar-refractivity contribution in [3.63, 3.8) is 0 Å². The fourth-order valence-corrected chi connectivity index (χ4v) is 2.81. The summed E-state index contributed by atoms with van der Waals surface area (Å²) in [7, 11) is 0. The van der Waals surface area contributed by atoms with Gasteiger partial charge >= 0.3 is 0 Å². The number of rotatable bonds is 1. The van der Waals surface area contributed by atoms with Crippen molar-refractivity contribution in [3.8, 4) is 5.75 Å². The molecule has 2 nitrogen and oxygen atoms in total. The van der Waals surface area contributed by atoms with Gasteiger partial charge in [0.2, 0.25) is 0 Å². The normalized spacial score (nSPS) is 17.6. The molecule has 0 fully saturated rings. The summed E-state index contributed by atoms with van der Waals surface area (Å²) in [5, 5.41) is 3.40. The van der Waals surface area contributed by atoms with Crippen molar-refractivity contribution in [1.29, 1.82) is 0 Å². The molecule has 0 amide bonds. The second-order valence-electron chi connectivity index (χ2n) is 4.18. The number of hydrogen-bond donors (Lipinski definition) is 1. The van der Waals surface area contributed by atoms with E-state index >= 15 is 0 Å². The van der Waals surface area contributed by atoms with Crippen LogP contribution < -0.4 is 10.1 Å². The Morgan fingerprint density at radius 1 is 1.06 bits per heavy atom. The maximum absolute atomic E-state index is 6.02. The first-order chi connectivity index (χ1) is 8.72. The molecular formula is C14H11Br2NO. The summed E-state index contributed by atoms with van der Waals surface area (Å²) in [5.74, 6) is 0.898. The molecule has 0 aliphatic carbocycles. The van der Waals surface area contributed by atoms with E-state index in [1.54, 1.807) is 0 Å². The summed E-state index contributed by atoms with van der Waals surface area (Å²) in [6, 6.07) is 14.2. The van der Waals surface area contributed by atoms with E-state index in [-0.39, 0.29) is 6.10 Å². The molecule has 2 aromatic rings. The van der Waals surface area contributed by atoms with Crippen LogP contribution in [0.2, 0.25) is 0 Å². The second-order valence-corrected chi connectivity index (χ2v) is 6.01. The van der Waals surface area contributed by atoms with Crippen molar-refractivity contribution in [2.45, 2.75) is 6.10 Å². The monoisotopic (exact) mass is 367 g/mol. The van der Waals surface area contributed by atoms with E-state index in [4.69, 9.17) is 4.74 Å². The van der Waals surface area contributed by atoms with Gasteiger partial charge in [-0.1, -0.05) is 44.0 Å². The largest absolute Gasteiger partial charge is 0.482 e. The molecule has 92 valence electrons. The van der Waals surface area contributed by atoms with Gasteiger partial charge in [-0.25, -0.2) is 0 Å². The molecule has 1 heterocycles. The van der Waals surface area contributed by atoms with Gasteiger partial charge in [-0.05, 0) is 35.9 Å². The average Bonchev–Trinajstić information content (AvgIpc) is 2.38. The SMILES string of the molecule is Brc1cccc(C2CNc3cc(Br)ccc3O2)c1. The molecule has 1 unspecified atom stereocenters. The van der Waals surface area contributed by atoms with Crippen LogP contribution in [0.25, 0.3) is 0 Å². The fourth-order valence-electron chi connectivity index (χ4n) is 2.03. The topological polar surface area (TPSA) is 21.3 Å². The third-order valence-electron chi connectivity index (χ3n) is 2.91. The highest BCUT2D eigenvalue weighted by atomic mass is 79.9. The third kappa shape index (κ3) is 2.40. The summed E-state index contributed by atoms with van der Waals surface area (Å²) in [4.78, 5) is 0. The second kappa shape index (κ2) is 4.94. The van der Waals surface area contributed by atoms with Gasteiger partial charge in [0, 0.05) is 8.95 Å². The number of fused-ring (bicyclic) bond motifs is 1. The molecule has 0 saturated heterocycles. The van der Waals surface area contributed by atoms with Gasteiger partial charge in [0.15, 0.2) is 0 Å². The van der Waals surface area contributed by atoms with Gasteiger partial charge < -0.3 is 10.1 Å². The zero-order valence-electron chi connectivity index (χ0n) is 9.49. The van der Waals surface area contributed by atoms with E-state index in [2.05, 4.69) is 49.3 Å². The van der Waals surface area contributed by atoms with E-state index in [1.807, 2.05) is 30.3 Å². The van der Waals surface area contributed by atoms with Crippen molar-refractivity contribution in [3.05, 3.63) is 57.0 Å². The van der Waals surface area contributed by atoms with Crippen LogP contribution in [0.15, 0.2) is 51.4 Å². The highest BCUT2D eigenvalue weighted by Gasteiger charge is 2.20. The van der Waals surface area contributed by atoms with Crippen LogP contribution in [0.5, 0.6) is 5.75 Å². The Bertz CT molecular complexity index is 586. The summed E-state index contributed by atoms with van der Waals surface area (Å²) in [5.41, 5.74) is 2.21. The van der Waals surface area contributed by atoms with Crippen LogP contribution in [0, 0.1) is 0 Å². The Balaban J connectivity index is 1.89. The fraction of sp³-hybridized carbons (Fsp3) is 0.143. The lowest BCUT2D eigenvalue weighted by atomic mass is 10.1. The van der Waals surface area contributed by atoms with Gasteiger partial charge in [-0.2, -0.15) is 0 Å². The molecule has 4 heteroatoms. The molecule has 0 saturated carbocycles. The number of halogens is 2. The molecule has 1 aliphatic heterocycles. The Labute approximate surface area is 123 Å². The highest BCUT2D eigenvalue weighted by molar-refractivity contribution is 9.10. The number of ether oxygens (including phenoxy) is 1. The Morgan fingerprint density at radius 2 is 1.89 bits per heavy atom. The van der Waals surface area contributed by atoms with E-state index in [1.165, 1.54) is 5.56 Å². The Hall–Kier alpha value is -1.00. The van der Waals surface area contributed by atoms with Gasteiger partial charge in [-0.3, -0.25) is 0 Å². The first-order valence-corrected chi connectivity index (χ1v) is 7.26. The van der Waals surface area contributed by atoms with Crippen molar-refractivity contribution in [2.24, 2.45) is 0 Å². The van der Waals surface area contributed by atoms with E-state index in [0.717, 1.165) is 26.9 Å². The van der Waals surface area contributed by atoms with Crippen LogP contribution in [0.3, 0.4) is 0 Å². The predicted octanol–water partition coefficient (Wildman–Crippen LogP) is 4.76. The first-order valence-electron chi connectivity index (χ1n) is 5.68. The highest BCUT2D eigenvalue weighted by Crippen LogP contribution is 2.36. The van der Waals surface area contributed by atoms with Gasteiger partial charge in [0.1, 0.15) is 11.9 Å². The third-order valence-corrected chi connectivity index (χ3v) is 3.90. The minimum absolute atomic E-state index is 0.0520. The zero-order valence-corrected chi connectivity index (χ0v) is 12.7. The molecule has 0 aromatic heterocycles. The summed E-state index contributed by atoms with van der Waals surface area (Å²) in [6.07, 6.45) is 0.0520. The maximum Gasteiger partial charge on any atom is 0.143 e. The summed E-state index contributed by atoms with van der Waals surface area (Å²) >= 11 is 6.95. The minimum Gasteiger partial charge on any atom is -0.482 e. The van der Waals surface area contributed by atoms with Gasteiger partial charge in [-0.15, -0.1) is 0 Å². The van der Waals surface area contributed by atoms with E-state index in [9.17, 15) is 0 Å². The molecule has 18 heavy (non-hydrogen) atoms. The van der Waals surface area contributed by atoms with Crippen LogP contribution in [-0.4, -0.2) is 6.54 Å². The lowest BCUT2D eigenvalue weighted by Gasteiger charge is -2.28. The lowest BCUT2D eigenvalue weighted by Crippen LogP contribution is -2.23. The van der Waals surface area contributed by atoms with E-state index < -0.39 is 0 Å². The molecule has 2 aromatic carbocycles. The number of anilines is 1. The van der Waals surface area contributed by atoms with E-state index in [0.29, 0.717) is 0 Å². The van der Waals surface area contributed by atoms with Gasteiger partial charge in [0.05, 0.1) is 12.2 Å². The molecule has 0 spiro atoms. The lowest BCUT2D eigenvalue weighted by molar-refractivity contribution is 0.210. The molecule has 3 rings (SSSR count). The molecular weight excluding hydrogens is 358 g/mol. The first kappa shape index (κ1) is 12.1. The number of nitrogens with one attached hydrogen (secondary N) is 1. The summed E-state index contributed by atoms with van der Waals surface area (Å²) in [6.45, 7) is 0.778. The Morgan fingerprint density at radius 3 is 2.72 bits per heavy atom. The minimum atomic E-state index is 0.0520. The molecule has 1 aliphatic rings. The maximum atomic E-state index is 6.02. The van der Waals surface area contributed by atoms with Crippen molar-refractivity contribution in [1.82, 2.24) is 0 Å². The molecule has 1 N–H and O–H groups in total. The average molecular weight is 369 g/mol. The smallest absolute Gasteiger partial charge is 0.143 e. The van der Waals surface area contributed by atoms with Crippen molar-refractivity contribution in [2.75, 3.05) is 11.9 Å². The molecule has 0 radical (unpaired) electrons.